The molecule has 0 fully saturated rings. The van der Waals surface area contributed by atoms with Gasteiger partial charge in [0.05, 0.1) is 0 Å². The SMILES string of the molecule is Cl.N[C@H](c1ccc(I)c(I)c1)C(F)(F)F. The van der Waals surface area contributed by atoms with E-state index < -0.39 is 12.2 Å². The van der Waals surface area contributed by atoms with Crippen molar-refractivity contribution in [2.24, 2.45) is 5.73 Å². The van der Waals surface area contributed by atoms with E-state index >= 15 is 0 Å². The molecule has 1 atom stereocenters. The predicted molar refractivity (Wildman–Crippen MR) is 72.1 cm³/mol. The van der Waals surface area contributed by atoms with Gasteiger partial charge in [0.1, 0.15) is 6.04 Å². The van der Waals surface area contributed by atoms with E-state index in [9.17, 15) is 13.2 Å². The maximum absolute atomic E-state index is 12.2. The Bertz CT molecular complexity index is 343. The lowest BCUT2D eigenvalue weighted by atomic mass is 10.1. The van der Waals surface area contributed by atoms with E-state index in [0.717, 1.165) is 7.14 Å². The molecule has 0 heterocycles. The summed E-state index contributed by atoms with van der Waals surface area (Å²) in [6.07, 6.45) is -4.38. The second-order valence-electron chi connectivity index (χ2n) is 2.69. The fourth-order valence-corrected chi connectivity index (χ4v) is 1.77. The topological polar surface area (TPSA) is 26.0 Å². The van der Waals surface area contributed by atoms with Gasteiger partial charge in [-0.15, -0.1) is 12.4 Å². The van der Waals surface area contributed by atoms with Crippen molar-refractivity contribution in [3.63, 3.8) is 0 Å². The van der Waals surface area contributed by atoms with Gasteiger partial charge in [0.15, 0.2) is 0 Å². The van der Waals surface area contributed by atoms with Gasteiger partial charge in [0.2, 0.25) is 0 Å². The van der Waals surface area contributed by atoms with Gasteiger partial charge in [-0.25, -0.2) is 0 Å². The largest absolute Gasteiger partial charge is 0.407 e. The summed E-state index contributed by atoms with van der Waals surface area (Å²) < 4.78 is 38.4. The molecule has 15 heavy (non-hydrogen) atoms. The lowest BCUT2D eigenvalue weighted by Crippen LogP contribution is -2.28. The monoisotopic (exact) mass is 463 g/mol. The number of rotatable bonds is 1. The quantitative estimate of drug-likeness (QED) is 0.629. The Kier molecular flexibility index (Phi) is 6.16. The summed E-state index contributed by atoms with van der Waals surface area (Å²) in [5, 5.41) is 0. The Morgan fingerprint density at radius 3 is 2.07 bits per heavy atom. The molecule has 1 aromatic rings. The fraction of sp³-hybridized carbons (Fsp3) is 0.250. The molecular weight excluding hydrogens is 456 g/mol. The molecule has 0 aromatic heterocycles. The van der Waals surface area contributed by atoms with E-state index in [1.165, 1.54) is 12.1 Å². The molecule has 0 amide bonds. The zero-order chi connectivity index (χ0) is 10.9. The molecule has 0 radical (unpaired) electrons. The van der Waals surface area contributed by atoms with Crippen LogP contribution in [0.1, 0.15) is 11.6 Å². The lowest BCUT2D eigenvalue weighted by Gasteiger charge is -2.16. The van der Waals surface area contributed by atoms with Gasteiger partial charge in [0, 0.05) is 7.14 Å². The van der Waals surface area contributed by atoms with Crippen LogP contribution in [0.5, 0.6) is 0 Å². The van der Waals surface area contributed by atoms with Crippen LogP contribution in [0.4, 0.5) is 13.2 Å². The number of alkyl halides is 3. The average molecular weight is 463 g/mol. The van der Waals surface area contributed by atoms with Gasteiger partial charge in [-0.05, 0) is 62.9 Å². The van der Waals surface area contributed by atoms with E-state index in [0.29, 0.717) is 0 Å². The van der Waals surface area contributed by atoms with Crippen molar-refractivity contribution in [3.05, 3.63) is 30.9 Å². The Morgan fingerprint density at radius 2 is 1.67 bits per heavy atom. The van der Waals surface area contributed by atoms with Crippen LogP contribution < -0.4 is 5.73 Å². The van der Waals surface area contributed by atoms with Crippen LogP contribution in [-0.4, -0.2) is 6.18 Å². The maximum atomic E-state index is 12.2. The van der Waals surface area contributed by atoms with Crippen LogP contribution in [0, 0.1) is 7.14 Å². The first-order valence-corrected chi connectivity index (χ1v) is 5.75. The molecule has 0 spiro atoms. The standard InChI is InChI=1S/C8H6F3I2N.ClH/c9-8(10,11)7(14)4-1-2-5(12)6(13)3-4;/h1-3,7H,14H2;1H/t7-;/m1./s1. The maximum Gasteiger partial charge on any atom is 0.407 e. The lowest BCUT2D eigenvalue weighted by molar-refractivity contribution is -0.149. The van der Waals surface area contributed by atoms with E-state index in [4.69, 9.17) is 5.73 Å². The molecule has 1 aromatic carbocycles. The molecule has 0 bridgehead atoms. The molecule has 0 aliphatic rings. The van der Waals surface area contributed by atoms with Crippen molar-refractivity contribution >= 4 is 57.6 Å². The highest BCUT2D eigenvalue weighted by Crippen LogP contribution is 2.31. The van der Waals surface area contributed by atoms with E-state index in [1.807, 2.05) is 22.6 Å². The van der Waals surface area contributed by atoms with Crippen LogP contribution in [0.15, 0.2) is 18.2 Å². The Hall–Kier alpha value is 0.720. The molecule has 0 aliphatic carbocycles. The Balaban J connectivity index is 0.00000196. The fourth-order valence-electron chi connectivity index (χ4n) is 0.895. The first-order chi connectivity index (χ1) is 6.32. The summed E-state index contributed by atoms with van der Waals surface area (Å²) in [5.41, 5.74) is 5.16. The second-order valence-corrected chi connectivity index (χ2v) is 5.02. The van der Waals surface area contributed by atoms with Crippen LogP contribution in [0.2, 0.25) is 0 Å². The number of hydrogen-bond acceptors (Lipinski definition) is 1. The Morgan fingerprint density at radius 1 is 1.13 bits per heavy atom. The molecule has 1 rings (SSSR count). The minimum Gasteiger partial charge on any atom is -0.316 e. The molecule has 0 saturated carbocycles. The second kappa shape index (κ2) is 5.87. The van der Waals surface area contributed by atoms with E-state index in [-0.39, 0.29) is 18.0 Å². The highest BCUT2D eigenvalue weighted by molar-refractivity contribution is 14.1. The van der Waals surface area contributed by atoms with E-state index in [2.05, 4.69) is 22.6 Å². The number of hydrogen-bond donors (Lipinski definition) is 1. The number of halogens is 6. The van der Waals surface area contributed by atoms with Crippen molar-refractivity contribution in [3.8, 4) is 0 Å². The van der Waals surface area contributed by atoms with Crippen LogP contribution >= 0.6 is 57.6 Å². The molecule has 86 valence electrons. The van der Waals surface area contributed by atoms with Crippen molar-refractivity contribution in [2.75, 3.05) is 0 Å². The normalized spacial score (nSPS) is 13.2. The van der Waals surface area contributed by atoms with Gasteiger partial charge in [-0.2, -0.15) is 13.2 Å². The molecule has 7 heteroatoms. The first-order valence-electron chi connectivity index (χ1n) is 3.59. The van der Waals surface area contributed by atoms with Crippen LogP contribution in [0.3, 0.4) is 0 Å². The molecule has 1 nitrogen and oxygen atoms in total. The van der Waals surface area contributed by atoms with Gasteiger partial charge < -0.3 is 5.73 Å². The van der Waals surface area contributed by atoms with Crippen LogP contribution in [-0.2, 0) is 0 Å². The molecule has 0 aliphatic heterocycles. The average Bonchev–Trinajstić information content (AvgIpc) is 2.07. The van der Waals surface area contributed by atoms with E-state index in [1.54, 1.807) is 6.07 Å². The summed E-state index contributed by atoms with van der Waals surface area (Å²) in [4.78, 5) is 0. The van der Waals surface area contributed by atoms with Gasteiger partial charge in [-0.3, -0.25) is 0 Å². The third-order valence-electron chi connectivity index (χ3n) is 1.66. The molecule has 0 saturated heterocycles. The number of nitrogens with two attached hydrogens (primary N) is 1. The van der Waals surface area contributed by atoms with Crippen molar-refractivity contribution in [1.82, 2.24) is 0 Å². The minimum atomic E-state index is -4.38. The highest BCUT2D eigenvalue weighted by Gasteiger charge is 2.37. The highest BCUT2D eigenvalue weighted by atomic mass is 127. The predicted octanol–water partition coefficient (Wildman–Crippen LogP) is 3.88. The summed E-state index contributed by atoms with van der Waals surface area (Å²) in [5.74, 6) is 0. The third-order valence-corrected chi connectivity index (χ3v) is 4.52. The summed E-state index contributed by atoms with van der Waals surface area (Å²) in [6.45, 7) is 0. The minimum absolute atomic E-state index is 0. The summed E-state index contributed by atoms with van der Waals surface area (Å²) >= 11 is 4.04. The van der Waals surface area contributed by atoms with Gasteiger partial charge in [-0.1, -0.05) is 6.07 Å². The van der Waals surface area contributed by atoms with Gasteiger partial charge >= 0.3 is 6.18 Å². The zero-order valence-electron chi connectivity index (χ0n) is 7.18. The van der Waals surface area contributed by atoms with Crippen molar-refractivity contribution in [1.29, 1.82) is 0 Å². The Labute approximate surface area is 119 Å². The zero-order valence-corrected chi connectivity index (χ0v) is 12.3. The molecule has 2 N–H and O–H groups in total. The van der Waals surface area contributed by atoms with Crippen molar-refractivity contribution in [2.45, 2.75) is 12.2 Å². The molecule has 0 unspecified atom stereocenters. The first kappa shape index (κ1) is 15.7. The van der Waals surface area contributed by atoms with Crippen LogP contribution in [0.25, 0.3) is 0 Å². The summed E-state index contributed by atoms with van der Waals surface area (Å²) in [6, 6.07) is 2.60. The molecular formula is C8H7ClF3I2N. The van der Waals surface area contributed by atoms with Crippen molar-refractivity contribution < 1.29 is 13.2 Å². The van der Waals surface area contributed by atoms with Gasteiger partial charge in [0.25, 0.3) is 0 Å². The summed E-state index contributed by atoms with van der Waals surface area (Å²) in [7, 11) is 0. The smallest absolute Gasteiger partial charge is 0.316 e. The third kappa shape index (κ3) is 4.23. The number of benzene rings is 1.